The third-order valence-electron chi connectivity index (χ3n) is 3.68. The minimum absolute atomic E-state index is 0.459. The van der Waals surface area contributed by atoms with Crippen LogP contribution in [-0.4, -0.2) is 21.0 Å². The van der Waals surface area contributed by atoms with Crippen molar-refractivity contribution < 1.29 is 9.90 Å². The van der Waals surface area contributed by atoms with Gasteiger partial charge in [0.1, 0.15) is 11.7 Å². The molecule has 1 aromatic heterocycles. The monoisotopic (exact) mass is 256 g/mol. The summed E-state index contributed by atoms with van der Waals surface area (Å²) in [4.78, 5) is 19.1. The van der Waals surface area contributed by atoms with Crippen LogP contribution in [-0.2, 0) is 11.2 Å². The average molecular weight is 256 g/mol. The van der Waals surface area contributed by atoms with E-state index in [2.05, 4.69) is 9.97 Å². The predicted octanol–water partition coefficient (Wildman–Crippen LogP) is 2.89. The number of aryl methyl sites for hydroxylation is 2. The number of nitrogens with zero attached hydrogens (tertiary/aromatic N) is 1. The van der Waals surface area contributed by atoms with E-state index in [0.717, 1.165) is 29.9 Å². The second-order valence-electron chi connectivity index (χ2n) is 5.10. The number of fused-ring (bicyclic) bond motifs is 1. The van der Waals surface area contributed by atoms with E-state index in [1.165, 1.54) is 5.56 Å². The predicted molar refractivity (Wildman–Crippen MR) is 72.1 cm³/mol. The van der Waals surface area contributed by atoms with Gasteiger partial charge in [0.2, 0.25) is 0 Å². The third kappa shape index (κ3) is 2.14. The molecule has 0 amide bonds. The molecule has 3 rings (SSSR count). The molecule has 1 unspecified atom stereocenters. The minimum Gasteiger partial charge on any atom is -0.481 e. The summed E-state index contributed by atoms with van der Waals surface area (Å²) in [5.41, 5.74) is 3.90. The van der Waals surface area contributed by atoms with Gasteiger partial charge < -0.3 is 10.1 Å². The summed E-state index contributed by atoms with van der Waals surface area (Å²) >= 11 is 0. The number of benzene rings is 1. The van der Waals surface area contributed by atoms with Crippen molar-refractivity contribution in [1.29, 1.82) is 0 Å². The Morgan fingerprint density at radius 1 is 1.37 bits per heavy atom. The summed E-state index contributed by atoms with van der Waals surface area (Å²) in [6.07, 6.45) is 2.47. The van der Waals surface area contributed by atoms with Crippen molar-refractivity contribution in [2.24, 2.45) is 0 Å². The number of H-pyrrole nitrogens is 1. The third-order valence-corrected chi connectivity index (χ3v) is 3.68. The van der Waals surface area contributed by atoms with Crippen LogP contribution in [0.4, 0.5) is 0 Å². The van der Waals surface area contributed by atoms with Gasteiger partial charge in [0.05, 0.1) is 5.69 Å². The fourth-order valence-corrected chi connectivity index (χ4v) is 2.61. The maximum Gasteiger partial charge on any atom is 0.312 e. The van der Waals surface area contributed by atoms with Crippen LogP contribution in [0.2, 0.25) is 0 Å². The molecule has 1 aliphatic carbocycles. The van der Waals surface area contributed by atoms with E-state index in [0.29, 0.717) is 12.1 Å². The highest BCUT2D eigenvalue weighted by atomic mass is 16.4. The molecule has 4 heteroatoms. The van der Waals surface area contributed by atoms with Gasteiger partial charge in [0.15, 0.2) is 0 Å². The molecule has 0 fully saturated rings. The Morgan fingerprint density at radius 3 is 2.79 bits per heavy atom. The van der Waals surface area contributed by atoms with E-state index >= 15 is 0 Å². The van der Waals surface area contributed by atoms with Crippen LogP contribution >= 0.6 is 0 Å². The van der Waals surface area contributed by atoms with E-state index in [1.54, 1.807) is 0 Å². The van der Waals surface area contributed by atoms with Crippen LogP contribution in [0.5, 0.6) is 0 Å². The van der Waals surface area contributed by atoms with Crippen molar-refractivity contribution in [3.8, 4) is 11.4 Å². The normalized spacial score (nSPS) is 18.1. The highest BCUT2D eigenvalue weighted by molar-refractivity contribution is 5.76. The Kier molecular flexibility index (Phi) is 2.85. The molecule has 1 aliphatic rings. The van der Waals surface area contributed by atoms with Gasteiger partial charge >= 0.3 is 5.97 Å². The molecule has 2 N–H and O–H groups in total. The molecule has 19 heavy (non-hydrogen) atoms. The lowest BCUT2D eigenvalue weighted by molar-refractivity contribution is -0.139. The topological polar surface area (TPSA) is 66.0 Å². The number of nitrogens with one attached hydrogen (secondary N) is 1. The molecule has 0 bridgehead atoms. The van der Waals surface area contributed by atoms with Gasteiger partial charge in [0, 0.05) is 11.3 Å². The molecule has 98 valence electrons. The molecule has 2 aromatic rings. The molecule has 4 nitrogen and oxygen atoms in total. The lowest BCUT2D eigenvalue weighted by Gasteiger charge is -2.16. The fraction of sp³-hybridized carbons (Fsp3) is 0.333. The highest BCUT2D eigenvalue weighted by Gasteiger charge is 2.29. The number of aromatic nitrogens is 2. The lowest BCUT2D eigenvalue weighted by Crippen LogP contribution is -2.17. The molecule has 1 aromatic carbocycles. The van der Waals surface area contributed by atoms with Gasteiger partial charge in [-0.2, -0.15) is 0 Å². The zero-order chi connectivity index (χ0) is 13.4. The molecule has 1 heterocycles. The summed E-state index contributed by atoms with van der Waals surface area (Å²) in [5.74, 6) is -0.458. The molecule has 0 saturated carbocycles. The molecule has 0 radical (unpaired) electrons. The summed E-state index contributed by atoms with van der Waals surface area (Å²) in [5, 5.41) is 9.25. The first-order valence-electron chi connectivity index (χ1n) is 6.54. The van der Waals surface area contributed by atoms with Gasteiger partial charge in [-0.05, 0) is 26.2 Å². The van der Waals surface area contributed by atoms with E-state index in [9.17, 15) is 9.90 Å². The van der Waals surface area contributed by atoms with Crippen LogP contribution in [0.1, 0.15) is 35.7 Å². The average Bonchev–Trinajstić information content (AvgIpc) is 2.82. The number of hydrogen-bond donors (Lipinski definition) is 2. The van der Waals surface area contributed by atoms with Crippen LogP contribution < -0.4 is 0 Å². The Bertz CT molecular complexity index is 614. The first-order chi connectivity index (χ1) is 9.15. The Balaban J connectivity index is 2.02. The van der Waals surface area contributed by atoms with Gasteiger partial charge in [-0.3, -0.25) is 4.79 Å². The first kappa shape index (κ1) is 12.0. The quantitative estimate of drug-likeness (QED) is 0.868. The van der Waals surface area contributed by atoms with Crippen molar-refractivity contribution in [2.75, 3.05) is 0 Å². The number of imidazole rings is 1. The standard InChI is InChI=1S/C15H16N2O2/c1-9-5-7-10(8-6-9)14-16-12-4-2-3-11(15(18)19)13(12)17-14/h5-8,11H,2-4H2,1H3,(H,16,17)(H,18,19). The van der Waals surface area contributed by atoms with Crippen LogP contribution in [0.15, 0.2) is 24.3 Å². The minimum atomic E-state index is -0.775. The van der Waals surface area contributed by atoms with E-state index < -0.39 is 11.9 Å². The molecular formula is C15H16N2O2. The van der Waals surface area contributed by atoms with Crippen LogP contribution in [0.3, 0.4) is 0 Å². The zero-order valence-corrected chi connectivity index (χ0v) is 10.8. The summed E-state index contributed by atoms with van der Waals surface area (Å²) in [7, 11) is 0. The number of carbonyl (C=O) groups is 1. The van der Waals surface area contributed by atoms with Crippen molar-refractivity contribution in [3.63, 3.8) is 0 Å². The van der Waals surface area contributed by atoms with Gasteiger partial charge in [-0.15, -0.1) is 0 Å². The number of hydrogen-bond acceptors (Lipinski definition) is 2. The smallest absolute Gasteiger partial charge is 0.312 e. The number of aromatic amines is 1. The number of carboxylic acid groups (broad SMARTS) is 1. The molecule has 0 saturated heterocycles. The van der Waals surface area contributed by atoms with Crippen molar-refractivity contribution in [2.45, 2.75) is 32.1 Å². The van der Waals surface area contributed by atoms with Crippen molar-refractivity contribution >= 4 is 5.97 Å². The largest absolute Gasteiger partial charge is 0.481 e. The number of carboxylic acids is 1. The molecular weight excluding hydrogens is 240 g/mol. The highest BCUT2D eigenvalue weighted by Crippen LogP contribution is 2.32. The lowest BCUT2D eigenvalue weighted by atomic mass is 9.90. The summed E-state index contributed by atoms with van der Waals surface area (Å²) < 4.78 is 0. The van der Waals surface area contributed by atoms with Crippen LogP contribution in [0.25, 0.3) is 11.4 Å². The van der Waals surface area contributed by atoms with E-state index in [1.807, 2.05) is 31.2 Å². The first-order valence-corrected chi connectivity index (χ1v) is 6.54. The maximum atomic E-state index is 11.3. The Hall–Kier alpha value is -2.10. The number of rotatable bonds is 2. The van der Waals surface area contributed by atoms with Crippen molar-refractivity contribution in [1.82, 2.24) is 9.97 Å². The van der Waals surface area contributed by atoms with Gasteiger partial charge in [0.25, 0.3) is 0 Å². The maximum absolute atomic E-state index is 11.3. The van der Waals surface area contributed by atoms with E-state index in [-0.39, 0.29) is 0 Å². The summed E-state index contributed by atoms with van der Waals surface area (Å²) in [6, 6.07) is 8.09. The van der Waals surface area contributed by atoms with Crippen LogP contribution in [0, 0.1) is 6.92 Å². The molecule has 0 spiro atoms. The second-order valence-corrected chi connectivity index (χ2v) is 5.10. The Labute approximate surface area is 111 Å². The summed E-state index contributed by atoms with van der Waals surface area (Å²) in [6.45, 7) is 2.04. The molecule has 1 atom stereocenters. The fourth-order valence-electron chi connectivity index (χ4n) is 2.61. The van der Waals surface area contributed by atoms with Gasteiger partial charge in [-0.1, -0.05) is 29.8 Å². The van der Waals surface area contributed by atoms with Crippen molar-refractivity contribution in [3.05, 3.63) is 41.2 Å². The Morgan fingerprint density at radius 2 is 2.11 bits per heavy atom. The SMILES string of the molecule is Cc1ccc(-c2nc3c([nH]2)CCCC3C(=O)O)cc1. The van der Waals surface area contributed by atoms with E-state index in [4.69, 9.17) is 0 Å². The molecule has 0 aliphatic heterocycles. The van der Waals surface area contributed by atoms with Gasteiger partial charge in [-0.25, -0.2) is 4.98 Å². The second kappa shape index (κ2) is 4.53. The number of aliphatic carboxylic acids is 1. The zero-order valence-electron chi connectivity index (χ0n) is 10.8.